The van der Waals surface area contributed by atoms with Crippen LogP contribution in [0.15, 0.2) is 6.20 Å². The molecule has 0 unspecified atom stereocenters. The summed E-state index contributed by atoms with van der Waals surface area (Å²) in [5, 5.41) is 0. The Labute approximate surface area is 128 Å². The third-order valence-electron chi connectivity index (χ3n) is 3.25. The van der Waals surface area contributed by atoms with Crippen LogP contribution in [-0.4, -0.2) is 16.6 Å². The first-order chi connectivity index (χ1) is 9.69. The van der Waals surface area contributed by atoms with Crippen molar-refractivity contribution in [1.29, 1.82) is 0 Å². The van der Waals surface area contributed by atoms with E-state index in [0.29, 0.717) is 11.8 Å². The molecule has 0 aliphatic heterocycles. The molecule has 0 saturated heterocycles. The molecule has 0 radical (unpaired) electrons. The molecule has 0 saturated carbocycles. The molecule has 1 heterocycles. The smallest absolute Gasteiger partial charge is 0.160 e. The van der Waals surface area contributed by atoms with Gasteiger partial charge in [-0.05, 0) is 6.42 Å². The van der Waals surface area contributed by atoms with E-state index in [1.165, 1.54) is 32.1 Å². The summed E-state index contributed by atoms with van der Waals surface area (Å²) < 4.78 is 5.76. The van der Waals surface area contributed by atoms with Crippen molar-refractivity contribution >= 4 is 11.6 Å². The molecule has 1 aromatic heterocycles. The lowest BCUT2D eigenvalue weighted by molar-refractivity contribution is 0.299. The Morgan fingerprint density at radius 1 is 1.15 bits per heavy atom. The Kier molecular flexibility index (Phi) is 8.59. The van der Waals surface area contributed by atoms with Crippen LogP contribution >= 0.6 is 11.6 Å². The van der Waals surface area contributed by atoms with Crippen molar-refractivity contribution in [3.05, 3.63) is 17.7 Å². The van der Waals surface area contributed by atoms with Crippen molar-refractivity contribution in [3.63, 3.8) is 0 Å². The highest BCUT2D eigenvalue weighted by Gasteiger charge is 2.09. The second-order valence-electron chi connectivity index (χ2n) is 5.44. The number of hydrogen-bond acceptors (Lipinski definition) is 3. The summed E-state index contributed by atoms with van der Waals surface area (Å²) in [5.74, 6) is 2.24. The fourth-order valence-electron chi connectivity index (χ4n) is 1.98. The predicted octanol–water partition coefficient (Wildman–Crippen LogP) is 5.08. The summed E-state index contributed by atoms with van der Waals surface area (Å²) in [6.45, 7) is 7.10. The van der Waals surface area contributed by atoms with Crippen LogP contribution in [0, 0.1) is 0 Å². The number of rotatable bonds is 10. The van der Waals surface area contributed by atoms with Crippen LogP contribution in [0.1, 0.15) is 76.7 Å². The highest BCUT2D eigenvalue weighted by atomic mass is 35.5. The summed E-state index contributed by atoms with van der Waals surface area (Å²) >= 11 is 5.94. The maximum absolute atomic E-state index is 5.94. The first kappa shape index (κ1) is 17.2. The maximum Gasteiger partial charge on any atom is 0.160 e. The minimum atomic E-state index is 0.310. The summed E-state index contributed by atoms with van der Waals surface area (Å²) in [6, 6.07) is 0. The number of alkyl halides is 1. The molecule has 0 spiro atoms. The van der Waals surface area contributed by atoms with Crippen LogP contribution < -0.4 is 4.74 Å². The van der Waals surface area contributed by atoms with E-state index in [2.05, 4.69) is 30.7 Å². The molecule has 0 aliphatic carbocycles. The lowest BCUT2D eigenvalue weighted by Crippen LogP contribution is -2.05. The van der Waals surface area contributed by atoms with Crippen LogP contribution in [0.3, 0.4) is 0 Å². The third kappa shape index (κ3) is 6.08. The second-order valence-corrected chi connectivity index (χ2v) is 5.71. The predicted molar refractivity (Wildman–Crippen MR) is 84.5 cm³/mol. The third-order valence-corrected chi connectivity index (χ3v) is 3.50. The van der Waals surface area contributed by atoms with E-state index in [-0.39, 0.29) is 0 Å². The molecule has 0 aromatic carbocycles. The first-order valence-electron chi connectivity index (χ1n) is 7.73. The highest BCUT2D eigenvalue weighted by Crippen LogP contribution is 2.20. The van der Waals surface area contributed by atoms with Gasteiger partial charge in [-0.2, -0.15) is 0 Å². The van der Waals surface area contributed by atoms with E-state index in [1.807, 2.05) is 0 Å². The zero-order valence-electron chi connectivity index (χ0n) is 13.0. The fraction of sp³-hybridized carbons (Fsp3) is 0.750. The van der Waals surface area contributed by atoms with Crippen molar-refractivity contribution in [2.24, 2.45) is 0 Å². The van der Waals surface area contributed by atoms with Crippen LogP contribution in [0.4, 0.5) is 0 Å². The second kappa shape index (κ2) is 9.98. The molecule has 0 bridgehead atoms. The van der Waals surface area contributed by atoms with Crippen LogP contribution in [0.25, 0.3) is 0 Å². The van der Waals surface area contributed by atoms with Gasteiger partial charge in [0.1, 0.15) is 11.5 Å². The van der Waals surface area contributed by atoms with E-state index in [0.717, 1.165) is 30.3 Å². The van der Waals surface area contributed by atoms with Gasteiger partial charge >= 0.3 is 0 Å². The molecular formula is C16H27ClN2O. The van der Waals surface area contributed by atoms with Gasteiger partial charge in [0.2, 0.25) is 0 Å². The number of ether oxygens (including phenoxy) is 1. The summed E-state index contributed by atoms with van der Waals surface area (Å²) in [6.07, 6.45) is 9.31. The molecule has 0 amide bonds. The van der Waals surface area contributed by atoms with Gasteiger partial charge in [-0.25, -0.2) is 9.97 Å². The summed E-state index contributed by atoms with van der Waals surface area (Å²) in [7, 11) is 0. The number of halogens is 1. The lowest BCUT2D eigenvalue weighted by Gasteiger charge is -2.11. The Bertz CT molecular complexity index is 383. The molecule has 20 heavy (non-hydrogen) atoms. The molecule has 4 heteroatoms. The number of aromatic nitrogens is 2. The molecule has 114 valence electrons. The zero-order valence-corrected chi connectivity index (χ0v) is 13.7. The van der Waals surface area contributed by atoms with Gasteiger partial charge in [0.05, 0.1) is 18.7 Å². The zero-order chi connectivity index (χ0) is 14.8. The Hall–Kier alpha value is -0.830. The fourth-order valence-corrected chi connectivity index (χ4v) is 2.17. The van der Waals surface area contributed by atoms with Gasteiger partial charge in [-0.15, -0.1) is 11.6 Å². The minimum absolute atomic E-state index is 0.310. The Balaban J connectivity index is 2.36. The van der Waals surface area contributed by atoms with Gasteiger partial charge in [0.25, 0.3) is 0 Å². The van der Waals surface area contributed by atoms with E-state index >= 15 is 0 Å². The molecule has 0 N–H and O–H groups in total. The molecule has 0 atom stereocenters. The van der Waals surface area contributed by atoms with E-state index in [9.17, 15) is 0 Å². The molecule has 1 rings (SSSR count). The minimum Gasteiger partial charge on any atom is -0.490 e. The van der Waals surface area contributed by atoms with Gasteiger partial charge in [-0.3, -0.25) is 0 Å². The highest BCUT2D eigenvalue weighted by molar-refractivity contribution is 6.17. The van der Waals surface area contributed by atoms with E-state index in [4.69, 9.17) is 16.3 Å². The number of nitrogens with zero attached hydrogens (tertiary/aromatic N) is 2. The average molecular weight is 299 g/mol. The molecular weight excluding hydrogens is 272 g/mol. The Morgan fingerprint density at radius 3 is 2.50 bits per heavy atom. The Morgan fingerprint density at radius 2 is 1.85 bits per heavy atom. The molecule has 3 nitrogen and oxygen atoms in total. The van der Waals surface area contributed by atoms with Crippen molar-refractivity contribution in [1.82, 2.24) is 9.97 Å². The van der Waals surface area contributed by atoms with Crippen molar-refractivity contribution in [2.45, 2.75) is 71.1 Å². The van der Waals surface area contributed by atoms with E-state index < -0.39 is 0 Å². The van der Waals surface area contributed by atoms with Crippen LogP contribution in [-0.2, 0) is 5.88 Å². The number of hydrogen-bond donors (Lipinski definition) is 0. The standard InChI is InChI=1S/C16H27ClN2O/c1-4-5-6-7-8-9-10-20-15-12-18-16(13(2)3)19-14(15)11-17/h12-13H,4-11H2,1-3H3. The summed E-state index contributed by atoms with van der Waals surface area (Å²) in [5.41, 5.74) is 0.802. The molecule has 1 aromatic rings. The normalized spacial score (nSPS) is 11.1. The molecule has 0 aliphatic rings. The van der Waals surface area contributed by atoms with Crippen molar-refractivity contribution < 1.29 is 4.74 Å². The topological polar surface area (TPSA) is 35.0 Å². The molecule has 0 fully saturated rings. The SMILES string of the molecule is CCCCCCCCOc1cnc(C(C)C)nc1CCl. The van der Waals surface area contributed by atoms with Gasteiger partial charge in [0, 0.05) is 5.92 Å². The largest absolute Gasteiger partial charge is 0.490 e. The quantitative estimate of drug-likeness (QED) is 0.446. The van der Waals surface area contributed by atoms with Crippen molar-refractivity contribution in [3.8, 4) is 5.75 Å². The van der Waals surface area contributed by atoms with Crippen LogP contribution in [0.2, 0.25) is 0 Å². The van der Waals surface area contributed by atoms with Crippen LogP contribution in [0.5, 0.6) is 5.75 Å². The lowest BCUT2D eigenvalue weighted by atomic mass is 10.1. The van der Waals surface area contributed by atoms with Crippen molar-refractivity contribution in [2.75, 3.05) is 6.61 Å². The summed E-state index contributed by atoms with van der Waals surface area (Å²) in [4.78, 5) is 8.79. The monoisotopic (exact) mass is 298 g/mol. The maximum atomic E-state index is 5.94. The van der Waals surface area contributed by atoms with Gasteiger partial charge in [-0.1, -0.05) is 52.9 Å². The van der Waals surface area contributed by atoms with Gasteiger partial charge in [0.15, 0.2) is 5.75 Å². The number of unbranched alkanes of at least 4 members (excludes halogenated alkanes) is 5. The first-order valence-corrected chi connectivity index (χ1v) is 8.27. The van der Waals surface area contributed by atoms with Gasteiger partial charge < -0.3 is 4.74 Å². The average Bonchev–Trinajstić information content (AvgIpc) is 2.46. The van der Waals surface area contributed by atoms with E-state index in [1.54, 1.807) is 6.20 Å².